The van der Waals surface area contributed by atoms with Crippen molar-refractivity contribution in [1.82, 2.24) is 0 Å². The summed E-state index contributed by atoms with van der Waals surface area (Å²) < 4.78 is 5.47. The highest BCUT2D eigenvalue weighted by atomic mass is 16.7. The second-order valence-electron chi connectivity index (χ2n) is 9.23. The molecule has 138 valence electrons. The van der Waals surface area contributed by atoms with E-state index in [0.29, 0.717) is 48.2 Å². The maximum atomic E-state index is 11.8. The zero-order chi connectivity index (χ0) is 18.0. The van der Waals surface area contributed by atoms with Crippen LogP contribution in [-0.2, 0) is 14.3 Å². The normalized spacial score (nSPS) is 48.9. The molecule has 4 heteroatoms. The van der Waals surface area contributed by atoms with E-state index in [0.717, 1.165) is 32.1 Å². The second kappa shape index (κ2) is 5.67. The SMILES string of the molecule is CC(=O)O[C@]1(O)CC[C@H]2[C@@H]3C(C)CC4=CC(=O)CC[C@@H]4[C@H]3CC[C@@]21C. The van der Waals surface area contributed by atoms with Gasteiger partial charge in [-0.1, -0.05) is 19.4 Å². The Balaban J connectivity index is 1.66. The zero-order valence-corrected chi connectivity index (χ0v) is 15.6. The molecule has 4 nitrogen and oxygen atoms in total. The number of carbonyl (C=O) groups excluding carboxylic acids is 2. The summed E-state index contributed by atoms with van der Waals surface area (Å²) in [6.45, 7) is 5.83. The lowest BCUT2D eigenvalue weighted by Crippen LogP contribution is -2.55. The van der Waals surface area contributed by atoms with Crippen molar-refractivity contribution < 1.29 is 19.4 Å². The van der Waals surface area contributed by atoms with Gasteiger partial charge in [0.05, 0.1) is 0 Å². The number of hydrogen-bond donors (Lipinski definition) is 1. The van der Waals surface area contributed by atoms with Crippen molar-refractivity contribution in [2.24, 2.45) is 35.0 Å². The number of esters is 1. The summed E-state index contributed by atoms with van der Waals surface area (Å²) in [5.41, 5.74) is 1.03. The molecule has 0 bridgehead atoms. The van der Waals surface area contributed by atoms with E-state index in [1.165, 1.54) is 12.5 Å². The van der Waals surface area contributed by atoms with E-state index in [-0.39, 0.29) is 11.4 Å². The van der Waals surface area contributed by atoms with Gasteiger partial charge in [0.25, 0.3) is 0 Å². The van der Waals surface area contributed by atoms with Gasteiger partial charge in [-0.15, -0.1) is 0 Å². The number of hydrogen-bond acceptors (Lipinski definition) is 4. The molecule has 0 spiro atoms. The fraction of sp³-hybridized carbons (Fsp3) is 0.810. The standard InChI is InChI=1S/C21H30O4/c1-12-10-14-11-15(23)4-5-16(14)17-6-8-20(3)18(19(12)17)7-9-21(20,24)25-13(2)22/h11-12,16-19,24H,4-10H2,1-3H3/t12?,16-,17+,18-,19+,20-,21+/m0/s1. The van der Waals surface area contributed by atoms with Crippen LogP contribution in [0, 0.1) is 35.0 Å². The summed E-state index contributed by atoms with van der Waals surface area (Å²) in [6, 6.07) is 0. The van der Waals surface area contributed by atoms with E-state index < -0.39 is 5.79 Å². The summed E-state index contributed by atoms with van der Waals surface area (Å²) >= 11 is 0. The van der Waals surface area contributed by atoms with Gasteiger partial charge in [-0.3, -0.25) is 9.59 Å². The van der Waals surface area contributed by atoms with Crippen LogP contribution in [0.4, 0.5) is 0 Å². The van der Waals surface area contributed by atoms with Crippen LogP contribution in [0.2, 0.25) is 0 Å². The lowest BCUT2D eigenvalue weighted by atomic mass is 9.49. The molecular weight excluding hydrogens is 316 g/mol. The Bertz CT molecular complexity index is 638. The van der Waals surface area contributed by atoms with Crippen molar-refractivity contribution in [3.63, 3.8) is 0 Å². The number of aliphatic hydroxyl groups is 1. The maximum absolute atomic E-state index is 11.8. The third-order valence-electron chi connectivity index (χ3n) is 8.03. The average molecular weight is 346 g/mol. The molecule has 0 aliphatic heterocycles. The maximum Gasteiger partial charge on any atom is 0.305 e. The Hall–Kier alpha value is -1.16. The van der Waals surface area contributed by atoms with Gasteiger partial charge in [0.1, 0.15) is 0 Å². The molecule has 0 heterocycles. The Morgan fingerprint density at radius 3 is 2.76 bits per heavy atom. The van der Waals surface area contributed by atoms with Crippen LogP contribution in [0.5, 0.6) is 0 Å². The van der Waals surface area contributed by atoms with E-state index in [2.05, 4.69) is 13.8 Å². The van der Waals surface area contributed by atoms with Gasteiger partial charge in [0.15, 0.2) is 5.78 Å². The van der Waals surface area contributed by atoms with Gasteiger partial charge in [-0.25, -0.2) is 0 Å². The van der Waals surface area contributed by atoms with Crippen molar-refractivity contribution in [3.05, 3.63) is 11.6 Å². The predicted octanol–water partition coefficient (Wildman–Crippen LogP) is 3.63. The number of carbonyl (C=O) groups is 2. The monoisotopic (exact) mass is 346 g/mol. The van der Waals surface area contributed by atoms with Gasteiger partial charge in [-0.05, 0) is 67.8 Å². The van der Waals surface area contributed by atoms with E-state index in [4.69, 9.17) is 4.74 Å². The molecule has 7 atom stereocenters. The predicted molar refractivity (Wildman–Crippen MR) is 93.4 cm³/mol. The Labute approximate surface area is 150 Å². The molecule has 3 saturated carbocycles. The molecule has 3 fully saturated rings. The van der Waals surface area contributed by atoms with Gasteiger partial charge in [0, 0.05) is 25.2 Å². The van der Waals surface area contributed by atoms with Crippen LogP contribution < -0.4 is 0 Å². The summed E-state index contributed by atoms with van der Waals surface area (Å²) in [7, 11) is 0. The number of ether oxygens (including phenoxy) is 1. The van der Waals surface area contributed by atoms with Crippen LogP contribution in [0.25, 0.3) is 0 Å². The largest absolute Gasteiger partial charge is 0.433 e. The van der Waals surface area contributed by atoms with Crippen molar-refractivity contribution in [2.45, 2.75) is 71.5 Å². The third kappa shape index (κ3) is 2.43. The molecule has 0 aromatic heterocycles. The average Bonchev–Trinajstić information content (AvgIpc) is 2.77. The summed E-state index contributed by atoms with van der Waals surface area (Å²) in [5.74, 6) is 1.21. The summed E-state index contributed by atoms with van der Waals surface area (Å²) in [4.78, 5) is 23.4. The first kappa shape index (κ1) is 17.3. The van der Waals surface area contributed by atoms with E-state index in [1.54, 1.807) is 0 Å². The Kier molecular flexibility index (Phi) is 3.91. The highest BCUT2D eigenvalue weighted by Crippen LogP contribution is 2.66. The van der Waals surface area contributed by atoms with Crippen LogP contribution in [0.1, 0.15) is 65.7 Å². The molecule has 0 amide bonds. The first-order chi connectivity index (χ1) is 11.7. The molecular formula is C21H30O4. The van der Waals surface area contributed by atoms with Crippen molar-refractivity contribution in [2.75, 3.05) is 0 Å². The van der Waals surface area contributed by atoms with Crippen LogP contribution in [0.15, 0.2) is 11.6 Å². The van der Waals surface area contributed by atoms with Crippen molar-refractivity contribution in [3.8, 4) is 0 Å². The van der Waals surface area contributed by atoms with Gasteiger partial charge in [-0.2, -0.15) is 0 Å². The van der Waals surface area contributed by atoms with Crippen LogP contribution in [-0.4, -0.2) is 22.6 Å². The lowest BCUT2D eigenvalue weighted by Gasteiger charge is -2.56. The molecule has 4 aliphatic carbocycles. The quantitative estimate of drug-likeness (QED) is 0.582. The number of ketones is 1. The highest BCUT2D eigenvalue weighted by Gasteiger charge is 2.65. The molecule has 1 unspecified atom stereocenters. The minimum absolute atomic E-state index is 0.294. The van der Waals surface area contributed by atoms with E-state index in [1.807, 2.05) is 6.08 Å². The molecule has 0 aromatic rings. The smallest absolute Gasteiger partial charge is 0.305 e. The summed E-state index contributed by atoms with van der Waals surface area (Å²) in [5, 5.41) is 11.2. The Morgan fingerprint density at radius 2 is 2.04 bits per heavy atom. The van der Waals surface area contributed by atoms with Gasteiger partial charge in [0.2, 0.25) is 5.79 Å². The summed E-state index contributed by atoms with van der Waals surface area (Å²) in [6.07, 6.45) is 8.05. The van der Waals surface area contributed by atoms with Crippen LogP contribution >= 0.6 is 0 Å². The Morgan fingerprint density at radius 1 is 1.28 bits per heavy atom. The molecule has 25 heavy (non-hydrogen) atoms. The zero-order valence-electron chi connectivity index (χ0n) is 15.6. The van der Waals surface area contributed by atoms with Crippen LogP contribution in [0.3, 0.4) is 0 Å². The van der Waals surface area contributed by atoms with Crippen molar-refractivity contribution >= 4 is 11.8 Å². The molecule has 1 N–H and O–H groups in total. The third-order valence-corrected chi connectivity index (χ3v) is 8.03. The van der Waals surface area contributed by atoms with E-state index in [9.17, 15) is 14.7 Å². The minimum atomic E-state index is -1.31. The fourth-order valence-electron chi connectivity index (χ4n) is 6.97. The molecule has 4 aliphatic rings. The fourth-order valence-corrected chi connectivity index (χ4v) is 6.97. The lowest BCUT2D eigenvalue weighted by molar-refractivity contribution is -0.263. The first-order valence-corrected chi connectivity index (χ1v) is 9.90. The topological polar surface area (TPSA) is 63.6 Å². The van der Waals surface area contributed by atoms with Crippen molar-refractivity contribution in [1.29, 1.82) is 0 Å². The van der Waals surface area contributed by atoms with Gasteiger partial charge >= 0.3 is 5.97 Å². The van der Waals surface area contributed by atoms with E-state index >= 15 is 0 Å². The number of fused-ring (bicyclic) bond motifs is 5. The van der Waals surface area contributed by atoms with Gasteiger partial charge < -0.3 is 9.84 Å². The first-order valence-electron chi connectivity index (χ1n) is 9.90. The molecule has 0 radical (unpaired) electrons. The number of rotatable bonds is 1. The molecule has 0 saturated heterocycles. The minimum Gasteiger partial charge on any atom is -0.433 e. The molecule has 4 rings (SSSR count). The molecule has 0 aromatic carbocycles. The second-order valence-corrected chi connectivity index (χ2v) is 9.23. The highest BCUT2D eigenvalue weighted by molar-refractivity contribution is 5.91. The number of allylic oxidation sites excluding steroid dienone is 1.